The summed E-state index contributed by atoms with van der Waals surface area (Å²) in [5, 5.41) is 0. The van der Waals surface area contributed by atoms with Crippen molar-refractivity contribution in [2.75, 3.05) is 34.4 Å². The third-order valence-corrected chi connectivity index (χ3v) is 4.13. The summed E-state index contributed by atoms with van der Waals surface area (Å²) in [5.41, 5.74) is 7.08. The summed E-state index contributed by atoms with van der Waals surface area (Å²) >= 11 is 0. The number of rotatable bonds is 5. The van der Waals surface area contributed by atoms with Gasteiger partial charge in [0.05, 0.1) is 27.9 Å². The molecule has 1 saturated heterocycles. The van der Waals surface area contributed by atoms with E-state index in [4.69, 9.17) is 19.9 Å². The maximum atomic E-state index is 6.16. The minimum absolute atomic E-state index is 0.450. The van der Waals surface area contributed by atoms with E-state index in [9.17, 15) is 0 Å². The molecular weight excluding hydrogens is 294 g/mol. The van der Waals surface area contributed by atoms with Crippen LogP contribution in [0.1, 0.15) is 31.2 Å². The molecule has 0 spiro atoms. The average molecular weight is 321 g/mol. The quantitative estimate of drug-likeness (QED) is 0.666. The van der Waals surface area contributed by atoms with E-state index in [0.717, 1.165) is 24.4 Å². The lowest BCUT2D eigenvalue weighted by Gasteiger charge is -2.21. The van der Waals surface area contributed by atoms with Gasteiger partial charge in [-0.15, -0.1) is 0 Å². The summed E-state index contributed by atoms with van der Waals surface area (Å²) in [7, 11) is 4.85. The molecule has 0 aliphatic carbocycles. The SMILES string of the molecule is COc1cc(OC)c(OC)cc1CN=C(N)N1CCCCCC1. The summed E-state index contributed by atoms with van der Waals surface area (Å²) in [6.07, 6.45) is 4.90. The molecule has 0 saturated carbocycles. The molecule has 0 atom stereocenters. The number of benzene rings is 1. The Bertz CT molecular complexity index is 538. The smallest absolute Gasteiger partial charge is 0.191 e. The van der Waals surface area contributed by atoms with Crippen molar-refractivity contribution in [3.8, 4) is 17.2 Å². The van der Waals surface area contributed by atoms with E-state index in [1.54, 1.807) is 21.3 Å². The number of aliphatic imine (C=N–C) groups is 1. The highest BCUT2D eigenvalue weighted by atomic mass is 16.5. The van der Waals surface area contributed by atoms with Crippen molar-refractivity contribution in [2.45, 2.75) is 32.2 Å². The molecule has 23 heavy (non-hydrogen) atoms. The van der Waals surface area contributed by atoms with Crippen molar-refractivity contribution >= 4 is 5.96 Å². The zero-order chi connectivity index (χ0) is 16.7. The fourth-order valence-corrected chi connectivity index (χ4v) is 2.78. The minimum Gasteiger partial charge on any atom is -0.496 e. The van der Waals surface area contributed by atoms with Gasteiger partial charge in [0.2, 0.25) is 0 Å². The zero-order valence-corrected chi connectivity index (χ0v) is 14.3. The Hall–Kier alpha value is -2.11. The number of hydrogen-bond donors (Lipinski definition) is 1. The van der Waals surface area contributed by atoms with Crippen LogP contribution in [0.4, 0.5) is 0 Å². The first-order chi connectivity index (χ1) is 11.2. The Morgan fingerprint density at radius 3 is 2.09 bits per heavy atom. The first kappa shape index (κ1) is 17.2. The number of ether oxygens (including phenoxy) is 3. The van der Waals surface area contributed by atoms with Crippen molar-refractivity contribution in [3.05, 3.63) is 17.7 Å². The molecule has 6 heteroatoms. The number of likely N-dealkylation sites (tertiary alicyclic amines) is 1. The number of nitrogens with two attached hydrogens (primary N) is 1. The second-order valence-electron chi connectivity index (χ2n) is 5.59. The Morgan fingerprint density at radius 2 is 1.52 bits per heavy atom. The van der Waals surface area contributed by atoms with Gasteiger partial charge >= 0.3 is 0 Å². The molecule has 1 aliphatic rings. The van der Waals surface area contributed by atoms with E-state index in [1.165, 1.54) is 25.7 Å². The first-order valence-corrected chi connectivity index (χ1v) is 8.03. The predicted molar refractivity (Wildman–Crippen MR) is 91.5 cm³/mol. The lowest BCUT2D eigenvalue weighted by atomic mass is 10.1. The molecule has 0 unspecified atom stereocenters. The van der Waals surface area contributed by atoms with Crippen LogP contribution in [-0.2, 0) is 6.54 Å². The lowest BCUT2D eigenvalue weighted by molar-refractivity contribution is 0.347. The topological polar surface area (TPSA) is 69.3 Å². The third-order valence-electron chi connectivity index (χ3n) is 4.13. The van der Waals surface area contributed by atoms with E-state index in [2.05, 4.69) is 9.89 Å². The maximum absolute atomic E-state index is 6.16. The van der Waals surface area contributed by atoms with E-state index >= 15 is 0 Å². The highest BCUT2D eigenvalue weighted by molar-refractivity contribution is 5.78. The third kappa shape index (κ3) is 4.43. The van der Waals surface area contributed by atoms with Gasteiger partial charge in [0.25, 0.3) is 0 Å². The molecule has 0 bridgehead atoms. The van der Waals surface area contributed by atoms with Crippen molar-refractivity contribution in [2.24, 2.45) is 10.7 Å². The Morgan fingerprint density at radius 1 is 0.957 bits per heavy atom. The number of methoxy groups -OCH3 is 3. The minimum atomic E-state index is 0.450. The molecular formula is C17H27N3O3. The Balaban J connectivity index is 2.16. The van der Waals surface area contributed by atoms with Gasteiger partial charge in [-0.1, -0.05) is 12.8 Å². The van der Waals surface area contributed by atoms with E-state index < -0.39 is 0 Å². The molecule has 0 radical (unpaired) electrons. The van der Waals surface area contributed by atoms with E-state index in [-0.39, 0.29) is 0 Å². The summed E-state index contributed by atoms with van der Waals surface area (Å²) in [6.45, 7) is 2.42. The standard InChI is InChI=1S/C17H27N3O3/c1-21-14-11-16(23-3)15(22-2)10-13(14)12-19-17(18)20-8-6-4-5-7-9-20/h10-11H,4-9,12H2,1-3H3,(H2,18,19). The van der Waals surface area contributed by atoms with Crippen LogP contribution in [0.3, 0.4) is 0 Å². The van der Waals surface area contributed by atoms with Crippen molar-refractivity contribution in [1.29, 1.82) is 0 Å². The summed E-state index contributed by atoms with van der Waals surface area (Å²) in [4.78, 5) is 6.71. The van der Waals surface area contributed by atoms with Crippen LogP contribution in [0.25, 0.3) is 0 Å². The first-order valence-electron chi connectivity index (χ1n) is 8.03. The fraction of sp³-hybridized carbons (Fsp3) is 0.588. The number of guanidine groups is 1. The normalized spacial score (nSPS) is 16.0. The van der Waals surface area contributed by atoms with Gasteiger partial charge in [-0.2, -0.15) is 0 Å². The molecule has 1 aliphatic heterocycles. The average Bonchev–Trinajstić information content (AvgIpc) is 2.88. The van der Waals surface area contributed by atoms with Gasteiger partial charge in [0.1, 0.15) is 5.75 Å². The van der Waals surface area contributed by atoms with Gasteiger partial charge in [0.15, 0.2) is 17.5 Å². The number of hydrogen-bond acceptors (Lipinski definition) is 4. The lowest BCUT2D eigenvalue weighted by Crippen LogP contribution is -2.38. The van der Waals surface area contributed by atoms with Crippen molar-refractivity contribution < 1.29 is 14.2 Å². The summed E-state index contributed by atoms with van der Waals surface area (Å²) in [5.74, 6) is 2.61. The van der Waals surface area contributed by atoms with Crippen LogP contribution in [0.2, 0.25) is 0 Å². The molecule has 128 valence electrons. The van der Waals surface area contributed by atoms with E-state index in [0.29, 0.717) is 24.0 Å². The van der Waals surface area contributed by atoms with Gasteiger partial charge in [-0.25, -0.2) is 4.99 Å². The van der Waals surface area contributed by atoms with Crippen LogP contribution < -0.4 is 19.9 Å². The monoisotopic (exact) mass is 321 g/mol. The molecule has 1 heterocycles. The van der Waals surface area contributed by atoms with Gasteiger partial charge in [-0.05, 0) is 18.9 Å². The molecule has 2 rings (SSSR count). The summed E-state index contributed by atoms with van der Waals surface area (Å²) < 4.78 is 16.1. The second kappa shape index (κ2) is 8.50. The predicted octanol–water partition coefficient (Wildman–Crippen LogP) is 2.40. The van der Waals surface area contributed by atoms with Gasteiger partial charge in [0, 0.05) is 24.7 Å². The van der Waals surface area contributed by atoms with Crippen LogP contribution >= 0.6 is 0 Å². The number of nitrogens with zero attached hydrogens (tertiary/aromatic N) is 2. The molecule has 1 aromatic rings. The Labute approximate surface area is 138 Å². The van der Waals surface area contributed by atoms with Crippen LogP contribution in [0, 0.1) is 0 Å². The van der Waals surface area contributed by atoms with Crippen LogP contribution in [-0.4, -0.2) is 45.3 Å². The Kier molecular flexibility index (Phi) is 6.38. The zero-order valence-electron chi connectivity index (χ0n) is 14.3. The van der Waals surface area contributed by atoms with Crippen LogP contribution in [0.5, 0.6) is 17.2 Å². The largest absolute Gasteiger partial charge is 0.496 e. The van der Waals surface area contributed by atoms with Gasteiger partial charge < -0.3 is 24.8 Å². The fourth-order valence-electron chi connectivity index (χ4n) is 2.78. The van der Waals surface area contributed by atoms with Crippen LogP contribution in [0.15, 0.2) is 17.1 Å². The summed E-state index contributed by atoms with van der Waals surface area (Å²) in [6, 6.07) is 3.70. The molecule has 0 aromatic heterocycles. The highest BCUT2D eigenvalue weighted by Gasteiger charge is 2.13. The molecule has 6 nitrogen and oxygen atoms in total. The van der Waals surface area contributed by atoms with Crippen molar-refractivity contribution in [1.82, 2.24) is 4.90 Å². The van der Waals surface area contributed by atoms with Gasteiger partial charge in [-0.3, -0.25) is 0 Å². The van der Waals surface area contributed by atoms with E-state index in [1.807, 2.05) is 12.1 Å². The van der Waals surface area contributed by atoms with Crippen molar-refractivity contribution in [3.63, 3.8) is 0 Å². The second-order valence-corrected chi connectivity index (χ2v) is 5.59. The molecule has 2 N–H and O–H groups in total. The maximum Gasteiger partial charge on any atom is 0.191 e. The molecule has 0 amide bonds. The molecule has 1 fully saturated rings. The highest BCUT2D eigenvalue weighted by Crippen LogP contribution is 2.34. The molecule has 1 aromatic carbocycles.